The Labute approximate surface area is 160 Å². The van der Waals surface area contributed by atoms with Crippen molar-refractivity contribution in [3.05, 3.63) is 41.9 Å². The van der Waals surface area contributed by atoms with Gasteiger partial charge in [-0.2, -0.15) is 4.98 Å². The lowest BCUT2D eigenvalue weighted by Gasteiger charge is -2.33. The lowest BCUT2D eigenvalue weighted by molar-refractivity contribution is -0.138. The summed E-state index contributed by atoms with van der Waals surface area (Å²) in [6.45, 7) is 2.49. The number of carbonyl (C=O) groups excluding carboxylic acids is 1. The van der Waals surface area contributed by atoms with E-state index in [1.165, 1.54) is 11.5 Å². The van der Waals surface area contributed by atoms with Crippen molar-refractivity contribution in [1.29, 1.82) is 0 Å². The van der Waals surface area contributed by atoms with Gasteiger partial charge in [0.25, 0.3) is 5.91 Å². The monoisotopic (exact) mass is 385 g/mol. The normalized spacial score (nSPS) is 17.1. The minimum absolute atomic E-state index is 0.0145. The molecule has 0 aliphatic carbocycles. The fourth-order valence-corrected chi connectivity index (χ4v) is 3.71. The Kier molecular flexibility index (Phi) is 5.10. The highest BCUT2D eigenvalue weighted by atomic mass is 32.1. The van der Waals surface area contributed by atoms with E-state index < -0.39 is 0 Å². The topological polar surface area (TPSA) is 94.2 Å². The van der Waals surface area contributed by atoms with Crippen LogP contribution in [0.1, 0.15) is 36.9 Å². The van der Waals surface area contributed by atoms with Crippen molar-refractivity contribution in [2.45, 2.75) is 32.2 Å². The molecular weight excluding hydrogens is 366 g/mol. The first-order chi connectivity index (χ1) is 13.2. The average molecular weight is 385 g/mol. The molecule has 0 spiro atoms. The van der Waals surface area contributed by atoms with Crippen molar-refractivity contribution in [3.8, 4) is 16.5 Å². The second-order valence-corrected chi connectivity index (χ2v) is 7.10. The van der Waals surface area contributed by atoms with Gasteiger partial charge in [0.2, 0.25) is 11.7 Å². The largest absolute Gasteiger partial charge is 0.484 e. The molecule has 1 aliphatic rings. The van der Waals surface area contributed by atoms with E-state index in [1.54, 1.807) is 4.90 Å². The highest BCUT2D eigenvalue weighted by Crippen LogP contribution is 2.32. The van der Waals surface area contributed by atoms with Crippen LogP contribution in [-0.4, -0.2) is 43.7 Å². The van der Waals surface area contributed by atoms with E-state index in [0.717, 1.165) is 29.8 Å². The van der Waals surface area contributed by atoms with Gasteiger partial charge >= 0.3 is 0 Å². The quantitative estimate of drug-likeness (QED) is 0.666. The molecule has 9 heteroatoms. The number of aryl methyl sites for hydroxylation is 1. The molecule has 3 heterocycles. The van der Waals surface area contributed by atoms with Crippen LogP contribution in [0.4, 0.5) is 0 Å². The number of amides is 1. The van der Waals surface area contributed by atoms with Crippen LogP contribution in [0.15, 0.2) is 34.9 Å². The summed E-state index contributed by atoms with van der Waals surface area (Å²) >= 11 is 1.23. The number of hydrogen-bond donors (Lipinski definition) is 0. The van der Waals surface area contributed by atoms with E-state index >= 15 is 0 Å². The van der Waals surface area contributed by atoms with Crippen molar-refractivity contribution in [2.75, 3.05) is 13.2 Å². The molecule has 1 aliphatic heterocycles. The number of nitrogens with zero attached hydrogens (tertiary/aromatic N) is 5. The summed E-state index contributed by atoms with van der Waals surface area (Å²) in [5.74, 6) is 1.51. The maximum Gasteiger partial charge on any atom is 0.261 e. The van der Waals surface area contributed by atoms with Crippen molar-refractivity contribution >= 4 is 17.4 Å². The molecule has 8 nitrogen and oxygen atoms in total. The van der Waals surface area contributed by atoms with Gasteiger partial charge in [0.15, 0.2) is 6.61 Å². The third-order valence-corrected chi connectivity index (χ3v) is 5.33. The summed E-state index contributed by atoms with van der Waals surface area (Å²) in [4.78, 5) is 19.8. The predicted octanol–water partition coefficient (Wildman–Crippen LogP) is 3.03. The fourth-order valence-electron chi connectivity index (χ4n) is 3.13. The molecule has 27 heavy (non-hydrogen) atoms. The predicted molar refractivity (Wildman–Crippen MR) is 98.2 cm³/mol. The Balaban J connectivity index is 1.48. The number of rotatable bonds is 5. The molecule has 3 aromatic rings. The van der Waals surface area contributed by atoms with Crippen LogP contribution in [-0.2, 0) is 4.79 Å². The van der Waals surface area contributed by atoms with Gasteiger partial charge in [-0.3, -0.25) is 4.79 Å². The number of piperidine rings is 1. The van der Waals surface area contributed by atoms with Crippen LogP contribution < -0.4 is 4.74 Å². The third kappa shape index (κ3) is 3.82. The molecule has 140 valence electrons. The Hall–Kier alpha value is -2.81. The molecule has 0 saturated carbocycles. The molecule has 1 fully saturated rings. The molecule has 0 bridgehead atoms. The van der Waals surface area contributed by atoms with Gasteiger partial charge < -0.3 is 14.2 Å². The minimum Gasteiger partial charge on any atom is -0.484 e. The zero-order chi connectivity index (χ0) is 18.6. The summed E-state index contributed by atoms with van der Waals surface area (Å²) in [5.41, 5.74) is 0.764. The van der Waals surface area contributed by atoms with Crippen molar-refractivity contribution in [1.82, 2.24) is 24.6 Å². The highest BCUT2D eigenvalue weighted by molar-refractivity contribution is 7.09. The van der Waals surface area contributed by atoms with Gasteiger partial charge in [-0.15, -0.1) is 5.10 Å². The van der Waals surface area contributed by atoms with Gasteiger partial charge in [0.1, 0.15) is 16.7 Å². The summed E-state index contributed by atoms with van der Waals surface area (Å²) < 4.78 is 15.0. The van der Waals surface area contributed by atoms with Gasteiger partial charge in [0, 0.05) is 6.54 Å². The molecule has 1 amide bonds. The maximum absolute atomic E-state index is 12.7. The highest BCUT2D eigenvalue weighted by Gasteiger charge is 2.32. The number of ether oxygens (including phenoxy) is 1. The number of carbonyl (C=O) groups is 1. The van der Waals surface area contributed by atoms with Crippen LogP contribution in [0.2, 0.25) is 0 Å². The summed E-state index contributed by atoms with van der Waals surface area (Å²) in [6, 6.07) is 9.09. The van der Waals surface area contributed by atoms with Crippen LogP contribution in [0.3, 0.4) is 0 Å². The van der Waals surface area contributed by atoms with Gasteiger partial charge in [-0.05, 0) is 49.9 Å². The SMILES string of the molecule is Cc1nnsc1-c1noc(C2CCCCN2C(=O)COc2ccccc2)n1. The van der Waals surface area contributed by atoms with E-state index in [9.17, 15) is 4.79 Å². The molecule has 1 unspecified atom stereocenters. The summed E-state index contributed by atoms with van der Waals surface area (Å²) in [7, 11) is 0. The van der Waals surface area contributed by atoms with Gasteiger partial charge in [0.05, 0.1) is 5.69 Å². The Morgan fingerprint density at radius 1 is 1.33 bits per heavy atom. The lowest BCUT2D eigenvalue weighted by atomic mass is 10.0. The number of aromatic nitrogens is 4. The van der Waals surface area contributed by atoms with Crippen molar-refractivity contribution in [2.24, 2.45) is 0 Å². The third-order valence-electron chi connectivity index (χ3n) is 4.51. The molecule has 0 radical (unpaired) electrons. The summed E-state index contributed by atoms with van der Waals surface area (Å²) in [5, 5.41) is 8.03. The van der Waals surface area contributed by atoms with E-state index in [2.05, 4.69) is 19.7 Å². The zero-order valence-corrected chi connectivity index (χ0v) is 15.7. The van der Waals surface area contributed by atoms with Crippen LogP contribution in [0, 0.1) is 6.92 Å². The first-order valence-electron chi connectivity index (χ1n) is 8.82. The number of para-hydroxylation sites is 1. The van der Waals surface area contributed by atoms with E-state index in [-0.39, 0.29) is 18.6 Å². The molecular formula is C18H19N5O3S. The molecule has 4 rings (SSSR count). The Morgan fingerprint density at radius 2 is 2.19 bits per heavy atom. The molecule has 1 aromatic carbocycles. The lowest BCUT2D eigenvalue weighted by Crippen LogP contribution is -2.41. The fraction of sp³-hybridized carbons (Fsp3) is 0.389. The van der Waals surface area contributed by atoms with Crippen LogP contribution in [0.25, 0.3) is 10.7 Å². The average Bonchev–Trinajstić information content (AvgIpc) is 3.35. The Bertz CT molecular complexity index is 911. The first-order valence-corrected chi connectivity index (χ1v) is 9.60. The molecule has 1 saturated heterocycles. The minimum atomic E-state index is -0.229. The van der Waals surface area contributed by atoms with Crippen LogP contribution >= 0.6 is 11.5 Å². The second kappa shape index (κ2) is 7.83. The van der Waals surface area contributed by atoms with Gasteiger partial charge in [-0.1, -0.05) is 27.8 Å². The molecule has 1 atom stereocenters. The van der Waals surface area contributed by atoms with E-state index in [1.807, 2.05) is 37.3 Å². The van der Waals surface area contributed by atoms with E-state index in [4.69, 9.17) is 9.26 Å². The van der Waals surface area contributed by atoms with E-state index in [0.29, 0.717) is 24.0 Å². The maximum atomic E-state index is 12.7. The van der Waals surface area contributed by atoms with Crippen LogP contribution in [0.5, 0.6) is 5.75 Å². The Morgan fingerprint density at radius 3 is 2.96 bits per heavy atom. The summed E-state index contributed by atoms with van der Waals surface area (Å²) in [6.07, 6.45) is 2.75. The van der Waals surface area contributed by atoms with Crippen molar-refractivity contribution in [3.63, 3.8) is 0 Å². The number of hydrogen-bond acceptors (Lipinski definition) is 8. The standard InChI is InChI=1S/C18H19N5O3S/c1-12-16(27-22-20-12)17-19-18(26-21-17)14-9-5-6-10-23(14)15(24)11-25-13-7-3-2-4-8-13/h2-4,7-8,14H,5-6,9-11H2,1H3. The molecule has 2 aromatic heterocycles. The number of benzene rings is 1. The first kappa shape index (κ1) is 17.6. The second-order valence-electron chi connectivity index (χ2n) is 6.34. The van der Waals surface area contributed by atoms with Crippen molar-refractivity contribution < 1.29 is 14.1 Å². The smallest absolute Gasteiger partial charge is 0.261 e. The number of likely N-dealkylation sites (tertiary alicyclic amines) is 1. The molecule has 0 N–H and O–H groups in total. The van der Waals surface area contributed by atoms with Gasteiger partial charge in [-0.25, -0.2) is 0 Å². The zero-order valence-electron chi connectivity index (χ0n) is 14.9.